The average Bonchev–Trinajstić information content (AvgIpc) is 3.01. The summed E-state index contributed by atoms with van der Waals surface area (Å²) in [6.45, 7) is 4.56. The van der Waals surface area contributed by atoms with Crippen molar-refractivity contribution in [2.45, 2.75) is 199 Å². The molecule has 0 aromatic heterocycles. The predicted molar refractivity (Wildman–Crippen MR) is 193 cm³/mol. The van der Waals surface area contributed by atoms with Gasteiger partial charge in [0.25, 0.3) is 10.1 Å². The standard InChI is InChI=1S/C40H68O3S/c1-3-5-7-9-11-13-15-17-19-21-23-25-27-30-36-34-35-39-38(32-29-33-40(39)44(41,42)43)37(36)31-28-26-24-22-20-18-16-14-12-10-8-6-4-2/h29,32-35H,3-28,30-31H2,1-2H3,(H,41,42,43). The molecule has 0 spiro atoms. The first-order valence-corrected chi connectivity index (χ1v) is 20.4. The molecular formula is C40H68O3S. The van der Waals surface area contributed by atoms with Gasteiger partial charge in [0.05, 0.1) is 0 Å². The molecule has 0 saturated carbocycles. The number of hydrogen-bond donors (Lipinski definition) is 1. The molecular weight excluding hydrogens is 561 g/mol. The van der Waals surface area contributed by atoms with Gasteiger partial charge in [-0.05, 0) is 48.3 Å². The first-order chi connectivity index (χ1) is 21.5. The zero-order valence-electron chi connectivity index (χ0n) is 28.9. The van der Waals surface area contributed by atoms with E-state index in [0.29, 0.717) is 5.39 Å². The van der Waals surface area contributed by atoms with Crippen LogP contribution in [0, 0.1) is 0 Å². The molecule has 0 bridgehead atoms. The monoisotopic (exact) mass is 628 g/mol. The Morgan fingerprint density at radius 2 is 0.841 bits per heavy atom. The molecule has 0 amide bonds. The van der Waals surface area contributed by atoms with E-state index in [2.05, 4.69) is 26.0 Å². The largest absolute Gasteiger partial charge is 0.295 e. The topological polar surface area (TPSA) is 54.4 Å². The van der Waals surface area contributed by atoms with Crippen LogP contribution in [0.5, 0.6) is 0 Å². The Hall–Kier alpha value is -1.39. The number of aryl methyl sites for hydroxylation is 2. The third kappa shape index (κ3) is 16.8. The highest BCUT2D eigenvalue weighted by molar-refractivity contribution is 7.86. The summed E-state index contributed by atoms with van der Waals surface area (Å²) in [5, 5.41) is 1.67. The Balaban J connectivity index is 1.76. The van der Waals surface area contributed by atoms with E-state index in [9.17, 15) is 13.0 Å². The minimum Gasteiger partial charge on any atom is -0.282 e. The van der Waals surface area contributed by atoms with E-state index in [1.54, 1.807) is 6.07 Å². The lowest BCUT2D eigenvalue weighted by molar-refractivity contribution is 0.484. The van der Waals surface area contributed by atoms with Gasteiger partial charge in [-0.3, -0.25) is 4.55 Å². The molecule has 0 aliphatic rings. The van der Waals surface area contributed by atoms with Crippen molar-refractivity contribution in [3.05, 3.63) is 41.5 Å². The highest BCUT2D eigenvalue weighted by atomic mass is 32.2. The van der Waals surface area contributed by atoms with Crippen LogP contribution in [0.25, 0.3) is 10.8 Å². The van der Waals surface area contributed by atoms with Crippen molar-refractivity contribution in [3.8, 4) is 0 Å². The molecule has 0 heterocycles. The van der Waals surface area contributed by atoms with Crippen molar-refractivity contribution in [1.82, 2.24) is 0 Å². The fourth-order valence-corrected chi connectivity index (χ4v) is 7.55. The molecule has 1 N–H and O–H groups in total. The van der Waals surface area contributed by atoms with Gasteiger partial charge >= 0.3 is 0 Å². The van der Waals surface area contributed by atoms with E-state index in [4.69, 9.17) is 0 Å². The van der Waals surface area contributed by atoms with Gasteiger partial charge in [0, 0.05) is 5.39 Å². The zero-order valence-corrected chi connectivity index (χ0v) is 29.7. The van der Waals surface area contributed by atoms with E-state index >= 15 is 0 Å². The fourth-order valence-electron chi connectivity index (χ4n) is 6.84. The molecule has 0 atom stereocenters. The molecule has 44 heavy (non-hydrogen) atoms. The average molecular weight is 629 g/mol. The van der Waals surface area contributed by atoms with E-state index < -0.39 is 10.1 Å². The van der Waals surface area contributed by atoms with Gasteiger partial charge in [-0.25, -0.2) is 0 Å². The molecule has 2 rings (SSSR count). The maximum atomic E-state index is 12.1. The number of rotatable bonds is 29. The Morgan fingerprint density at radius 3 is 1.25 bits per heavy atom. The van der Waals surface area contributed by atoms with Crippen molar-refractivity contribution in [2.24, 2.45) is 0 Å². The van der Waals surface area contributed by atoms with Crippen LogP contribution in [-0.4, -0.2) is 13.0 Å². The Kier molecular flexibility index (Phi) is 21.9. The number of hydrogen-bond acceptors (Lipinski definition) is 2. The second-order valence-corrected chi connectivity index (χ2v) is 14.9. The van der Waals surface area contributed by atoms with Crippen LogP contribution in [0.2, 0.25) is 0 Å². The van der Waals surface area contributed by atoms with Gasteiger partial charge in [-0.2, -0.15) is 8.42 Å². The molecule has 0 fully saturated rings. The van der Waals surface area contributed by atoms with Crippen molar-refractivity contribution in [2.75, 3.05) is 0 Å². The van der Waals surface area contributed by atoms with Crippen LogP contribution in [0.4, 0.5) is 0 Å². The van der Waals surface area contributed by atoms with Gasteiger partial charge in [0.1, 0.15) is 4.90 Å². The highest BCUT2D eigenvalue weighted by Gasteiger charge is 2.17. The van der Waals surface area contributed by atoms with Crippen molar-refractivity contribution >= 4 is 20.9 Å². The minimum atomic E-state index is -4.25. The van der Waals surface area contributed by atoms with Gasteiger partial charge in [0.15, 0.2) is 0 Å². The third-order valence-corrected chi connectivity index (χ3v) is 10.5. The first kappa shape index (κ1) is 38.8. The van der Waals surface area contributed by atoms with E-state index in [1.165, 1.54) is 178 Å². The minimum absolute atomic E-state index is 0.0362. The summed E-state index contributed by atoms with van der Waals surface area (Å²) in [6.07, 6.45) is 37.1. The molecule has 0 aliphatic heterocycles. The van der Waals surface area contributed by atoms with Crippen LogP contribution in [-0.2, 0) is 23.0 Å². The smallest absolute Gasteiger partial charge is 0.282 e. The lowest BCUT2D eigenvalue weighted by Crippen LogP contribution is -2.02. The predicted octanol–water partition coefficient (Wildman–Crippen LogP) is 13.4. The SMILES string of the molecule is CCCCCCCCCCCCCCCc1ccc2c(S(=O)(=O)O)cccc2c1CCCCCCCCCCCCCCC. The second kappa shape index (κ2) is 24.8. The summed E-state index contributed by atoms with van der Waals surface area (Å²) in [5.74, 6) is 0. The summed E-state index contributed by atoms with van der Waals surface area (Å²) >= 11 is 0. The van der Waals surface area contributed by atoms with Gasteiger partial charge in [-0.15, -0.1) is 0 Å². The molecule has 2 aromatic carbocycles. The van der Waals surface area contributed by atoms with Crippen LogP contribution in [0.1, 0.15) is 192 Å². The Bertz CT molecular complexity index is 1090. The lowest BCUT2D eigenvalue weighted by Gasteiger charge is -2.15. The van der Waals surface area contributed by atoms with Crippen LogP contribution in [0.3, 0.4) is 0 Å². The molecule has 0 unspecified atom stereocenters. The molecule has 0 aliphatic carbocycles. The molecule has 0 radical (unpaired) electrons. The van der Waals surface area contributed by atoms with Crippen molar-refractivity contribution in [1.29, 1.82) is 0 Å². The van der Waals surface area contributed by atoms with Crippen LogP contribution < -0.4 is 0 Å². The van der Waals surface area contributed by atoms with Crippen molar-refractivity contribution < 1.29 is 13.0 Å². The molecule has 2 aromatic rings. The molecule has 3 nitrogen and oxygen atoms in total. The lowest BCUT2D eigenvalue weighted by atomic mass is 9.91. The first-order valence-electron chi connectivity index (χ1n) is 19.0. The van der Waals surface area contributed by atoms with E-state index in [0.717, 1.165) is 24.6 Å². The Labute approximate surface area is 273 Å². The van der Waals surface area contributed by atoms with Crippen LogP contribution in [0.15, 0.2) is 35.2 Å². The summed E-state index contributed by atoms with van der Waals surface area (Å²) in [6, 6.07) is 9.42. The van der Waals surface area contributed by atoms with E-state index in [1.807, 2.05) is 6.07 Å². The van der Waals surface area contributed by atoms with Crippen LogP contribution >= 0.6 is 0 Å². The molecule has 0 saturated heterocycles. The molecule has 4 heteroatoms. The van der Waals surface area contributed by atoms with E-state index in [-0.39, 0.29) is 4.90 Å². The number of unbranched alkanes of at least 4 members (excludes halogenated alkanes) is 24. The van der Waals surface area contributed by atoms with Gasteiger partial charge in [-0.1, -0.05) is 192 Å². The number of benzene rings is 2. The number of fused-ring (bicyclic) bond motifs is 1. The summed E-state index contributed by atoms with van der Waals surface area (Å²) < 4.78 is 34.0. The summed E-state index contributed by atoms with van der Waals surface area (Å²) in [5.41, 5.74) is 2.67. The maximum absolute atomic E-state index is 12.1. The quantitative estimate of drug-likeness (QED) is 0.0720. The van der Waals surface area contributed by atoms with Gasteiger partial charge in [0.2, 0.25) is 0 Å². The summed E-state index contributed by atoms with van der Waals surface area (Å²) in [7, 11) is -4.25. The normalized spacial score (nSPS) is 12.0. The maximum Gasteiger partial charge on any atom is 0.295 e. The van der Waals surface area contributed by atoms with Gasteiger partial charge < -0.3 is 0 Å². The second-order valence-electron chi connectivity index (χ2n) is 13.5. The molecule has 252 valence electrons. The zero-order chi connectivity index (χ0) is 31.7. The Morgan fingerprint density at radius 1 is 0.455 bits per heavy atom. The highest BCUT2D eigenvalue weighted by Crippen LogP contribution is 2.30. The summed E-state index contributed by atoms with van der Waals surface area (Å²) in [4.78, 5) is 0.0362. The van der Waals surface area contributed by atoms with Crippen molar-refractivity contribution in [3.63, 3.8) is 0 Å². The fraction of sp³-hybridized carbons (Fsp3) is 0.750. The third-order valence-electron chi connectivity index (χ3n) is 9.59.